The molecule has 0 saturated carbocycles. The zero-order valence-corrected chi connectivity index (χ0v) is 15.8. The maximum Gasteiger partial charge on any atom is 0.272 e. The van der Waals surface area contributed by atoms with Crippen LogP contribution in [0.15, 0.2) is 36.5 Å². The van der Waals surface area contributed by atoms with Crippen LogP contribution in [0.4, 0.5) is 4.39 Å². The topological polar surface area (TPSA) is 107 Å². The van der Waals surface area contributed by atoms with E-state index in [4.69, 9.17) is 0 Å². The van der Waals surface area contributed by atoms with Crippen molar-refractivity contribution in [2.45, 2.75) is 32.0 Å². The van der Waals surface area contributed by atoms with Crippen molar-refractivity contribution in [3.8, 4) is 0 Å². The molecule has 0 aliphatic carbocycles. The molecule has 1 aliphatic heterocycles. The Morgan fingerprint density at radius 3 is 2.66 bits per heavy atom. The number of aromatic nitrogens is 5. The van der Waals surface area contributed by atoms with Crippen molar-refractivity contribution < 1.29 is 14.0 Å². The zero-order chi connectivity index (χ0) is 20.4. The number of benzene rings is 1. The van der Waals surface area contributed by atoms with Gasteiger partial charge in [-0.2, -0.15) is 5.10 Å². The lowest BCUT2D eigenvalue weighted by molar-refractivity contribution is -0.124. The highest BCUT2D eigenvalue weighted by Crippen LogP contribution is 2.26. The van der Waals surface area contributed by atoms with Gasteiger partial charge in [0.25, 0.3) is 5.91 Å². The van der Waals surface area contributed by atoms with Crippen molar-refractivity contribution >= 4 is 11.8 Å². The van der Waals surface area contributed by atoms with Crippen LogP contribution in [0.2, 0.25) is 0 Å². The predicted octanol–water partition coefficient (Wildman–Crippen LogP) is 0.884. The maximum atomic E-state index is 13.0. The van der Waals surface area contributed by atoms with Crippen LogP contribution >= 0.6 is 0 Å². The van der Waals surface area contributed by atoms with Crippen LogP contribution in [-0.4, -0.2) is 36.4 Å². The third kappa shape index (κ3) is 4.00. The minimum atomic E-state index is -0.442. The molecule has 0 bridgehead atoms. The fraction of sp³-hybridized carbons (Fsp3) is 0.316. The van der Waals surface area contributed by atoms with E-state index in [1.165, 1.54) is 12.1 Å². The van der Waals surface area contributed by atoms with Gasteiger partial charge in [-0.3, -0.25) is 14.3 Å². The lowest BCUT2D eigenvalue weighted by atomic mass is 10.2. The number of carbonyl (C=O) groups excluding carboxylic acids is 2. The molecular weight excluding hydrogens is 377 g/mol. The standard InChI is InChI=1S/C19H20FN7O2/c1-26-9-8-14(25-26)18(28)22-11-17-24-23-16-7-6-15(27(16)17)19(29)21-10-12-2-4-13(20)5-3-12/h2-5,8-9,15H,6-7,10-11H2,1H3,(H,21,29)(H,22,28). The zero-order valence-electron chi connectivity index (χ0n) is 15.8. The van der Waals surface area contributed by atoms with Crippen LogP contribution in [0.5, 0.6) is 0 Å². The van der Waals surface area contributed by atoms with Gasteiger partial charge in [-0.05, 0) is 30.2 Å². The summed E-state index contributed by atoms with van der Waals surface area (Å²) in [6.45, 7) is 0.447. The highest BCUT2D eigenvalue weighted by molar-refractivity contribution is 5.92. The Morgan fingerprint density at radius 2 is 1.93 bits per heavy atom. The molecule has 29 heavy (non-hydrogen) atoms. The first-order valence-corrected chi connectivity index (χ1v) is 9.24. The summed E-state index contributed by atoms with van der Waals surface area (Å²) in [7, 11) is 1.73. The largest absolute Gasteiger partial charge is 0.350 e. The number of amides is 2. The van der Waals surface area contributed by atoms with Crippen molar-refractivity contribution in [2.75, 3.05) is 0 Å². The first-order valence-electron chi connectivity index (χ1n) is 9.24. The molecule has 2 N–H and O–H groups in total. The smallest absolute Gasteiger partial charge is 0.272 e. The Kier molecular flexibility index (Phi) is 5.07. The number of hydrogen-bond donors (Lipinski definition) is 2. The number of nitrogens with zero attached hydrogens (tertiary/aromatic N) is 5. The second-order valence-electron chi connectivity index (χ2n) is 6.86. The van der Waals surface area contributed by atoms with E-state index >= 15 is 0 Å². The van der Waals surface area contributed by atoms with E-state index < -0.39 is 6.04 Å². The van der Waals surface area contributed by atoms with E-state index in [1.807, 2.05) is 0 Å². The average Bonchev–Trinajstić information content (AvgIpc) is 3.42. The van der Waals surface area contributed by atoms with Gasteiger partial charge in [-0.1, -0.05) is 12.1 Å². The van der Waals surface area contributed by atoms with Gasteiger partial charge in [0.1, 0.15) is 23.4 Å². The average molecular weight is 397 g/mol. The molecule has 2 aromatic heterocycles. The quantitative estimate of drug-likeness (QED) is 0.642. The van der Waals surface area contributed by atoms with E-state index in [0.717, 1.165) is 5.56 Å². The summed E-state index contributed by atoms with van der Waals surface area (Å²) in [5.41, 5.74) is 1.12. The molecular formula is C19H20FN7O2. The van der Waals surface area contributed by atoms with Crippen LogP contribution < -0.4 is 10.6 Å². The van der Waals surface area contributed by atoms with E-state index in [1.54, 1.807) is 40.7 Å². The summed E-state index contributed by atoms with van der Waals surface area (Å²) >= 11 is 0. The SMILES string of the molecule is Cn1ccc(C(=O)NCc2nnc3n2C(C(=O)NCc2ccc(F)cc2)CC3)n1. The summed E-state index contributed by atoms with van der Waals surface area (Å²) < 4.78 is 16.3. The van der Waals surface area contributed by atoms with Crippen LogP contribution in [0, 0.1) is 5.82 Å². The molecule has 10 heteroatoms. The first-order chi connectivity index (χ1) is 14.0. The van der Waals surface area contributed by atoms with Gasteiger partial charge < -0.3 is 15.2 Å². The highest BCUT2D eigenvalue weighted by atomic mass is 19.1. The molecule has 0 fully saturated rings. The Morgan fingerprint density at radius 1 is 1.14 bits per heavy atom. The molecule has 1 atom stereocenters. The fourth-order valence-corrected chi connectivity index (χ4v) is 3.35. The molecule has 0 spiro atoms. The Labute approximate surface area is 165 Å². The maximum absolute atomic E-state index is 13.0. The third-order valence-electron chi connectivity index (χ3n) is 4.83. The van der Waals surface area contributed by atoms with Crippen LogP contribution in [-0.2, 0) is 31.4 Å². The molecule has 4 rings (SSSR count). The van der Waals surface area contributed by atoms with Crippen molar-refractivity contribution in [3.63, 3.8) is 0 Å². The van der Waals surface area contributed by atoms with E-state index in [-0.39, 0.29) is 24.2 Å². The van der Waals surface area contributed by atoms with Crippen LogP contribution in [0.1, 0.15) is 40.2 Å². The Balaban J connectivity index is 1.40. The number of aryl methyl sites for hydroxylation is 2. The minimum Gasteiger partial charge on any atom is -0.350 e. The monoisotopic (exact) mass is 397 g/mol. The highest BCUT2D eigenvalue weighted by Gasteiger charge is 2.32. The number of rotatable bonds is 6. The molecule has 1 unspecified atom stereocenters. The number of fused-ring (bicyclic) bond motifs is 1. The van der Waals surface area contributed by atoms with Crippen molar-refractivity contribution in [1.29, 1.82) is 0 Å². The van der Waals surface area contributed by atoms with Gasteiger partial charge in [0.15, 0.2) is 5.82 Å². The molecule has 0 saturated heterocycles. The third-order valence-corrected chi connectivity index (χ3v) is 4.83. The van der Waals surface area contributed by atoms with Crippen molar-refractivity contribution in [1.82, 2.24) is 35.2 Å². The molecule has 150 valence electrons. The summed E-state index contributed by atoms with van der Waals surface area (Å²) in [6.07, 6.45) is 2.93. The molecule has 1 aromatic carbocycles. The number of nitrogens with one attached hydrogen (secondary N) is 2. The van der Waals surface area contributed by atoms with Gasteiger partial charge in [0.2, 0.25) is 5.91 Å². The van der Waals surface area contributed by atoms with Gasteiger partial charge in [0.05, 0.1) is 6.54 Å². The molecule has 3 heterocycles. The van der Waals surface area contributed by atoms with E-state index in [9.17, 15) is 14.0 Å². The second-order valence-corrected chi connectivity index (χ2v) is 6.86. The van der Waals surface area contributed by atoms with Crippen molar-refractivity contribution in [2.24, 2.45) is 7.05 Å². The summed E-state index contributed by atoms with van der Waals surface area (Å²) in [6, 6.07) is 7.16. The van der Waals surface area contributed by atoms with Crippen LogP contribution in [0.25, 0.3) is 0 Å². The number of hydrogen-bond acceptors (Lipinski definition) is 5. The van der Waals surface area contributed by atoms with Gasteiger partial charge in [-0.15, -0.1) is 10.2 Å². The Hall–Kier alpha value is -3.56. The van der Waals surface area contributed by atoms with E-state index in [0.29, 0.717) is 36.7 Å². The summed E-state index contributed by atoms with van der Waals surface area (Å²) in [5, 5.41) is 17.9. The first kappa shape index (κ1) is 18.8. The summed E-state index contributed by atoms with van der Waals surface area (Å²) in [5.74, 6) is 0.434. The molecule has 3 aromatic rings. The van der Waals surface area contributed by atoms with Gasteiger partial charge in [-0.25, -0.2) is 4.39 Å². The lowest BCUT2D eigenvalue weighted by Crippen LogP contribution is -2.32. The van der Waals surface area contributed by atoms with E-state index in [2.05, 4.69) is 25.9 Å². The predicted molar refractivity (Wildman–Crippen MR) is 100 cm³/mol. The minimum absolute atomic E-state index is 0.143. The molecule has 0 radical (unpaired) electrons. The number of carbonyl (C=O) groups is 2. The molecule has 9 nitrogen and oxygen atoms in total. The van der Waals surface area contributed by atoms with Crippen LogP contribution in [0.3, 0.4) is 0 Å². The Bertz CT molecular complexity index is 1040. The number of halogens is 1. The lowest BCUT2D eigenvalue weighted by Gasteiger charge is -2.15. The fourth-order valence-electron chi connectivity index (χ4n) is 3.35. The van der Waals surface area contributed by atoms with Gasteiger partial charge >= 0.3 is 0 Å². The van der Waals surface area contributed by atoms with Gasteiger partial charge in [0, 0.05) is 26.2 Å². The molecule has 2 amide bonds. The summed E-state index contributed by atoms with van der Waals surface area (Å²) in [4.78, 5) is 24.9. The normalized spacial score (nSPS) is 15.2. The second kappa shape index (κ2) is 7.82. The molecule has 1 aliphatic rings. The van der Waals surface area contributed by atoms with Crippen molar-refractivity contribution in [3.05, 3.63) is 65.3 Å².